The fourth-order valence-electron chi connectivity index (χ4n) is 3.19. The number of H-pyrrole nitrogens is 1. The average molecular weight is 287 g/mol. The standard InChI is InChI=1S/C16H21N3O2/c1-11-6-3-4-7-14(11)19(2)16(20)13-10-12(17-18-13)15-8-5-9-21-15/h5,8-11,14H,3-4,6-7H2,1-2H3,(H,17,18)/t11-,14+/m1/s1. The lowest BCUT2D eigenvalue weighted by Gasteiger charge is -2.35. The van der Waals surface area contributed by atoms with E-state index in [0.717, 1.165) is 12.1 Å². The zero-order chi connectivity index (χ0) is 14.8. The number of amides is 1. The topological polar surface area (TPSA) is 62.1 Å². The number of nitrogens with one attached hydrogen (secondary N) is 1. The van der Waals surface area contributed by atoms with Gasteiger partial charge in [-0.25, -0.2) is 0 Å². The van der Waals surface area contributed by atoms with Gasteiger partial charge in [0.25, 0.3) is 5.91 Å². The first-order valence-corrected chi connectivity index (χ1v) is 7.53. The van der Waals surface area contributed by atoms with Crippen molar-refractivity contribution in [2.75, 3.05) is 7.05 Å². The second-order valence-corrected chi connectivity index (χ2v) is 5.89. The van der Waals surface area contributed by atoms with Crippen molar-refractivity contribution in [2.45, 2.75) is 38.6 Å². The van der Waals surface area contributed by atoms with Crippen molar-refractivity contribution in [3.63, 3.8) is 0 Å². The smallest absolute Gasteiger partial charge is 0.274 e. The highest BCUT2D eigenvalue weighted by atomic mass is 16.3. The first-order chi connectivity index (χ1) is 10.2. The third-order valence-corrected chi connectivity index (χ3v) is 4.47. The van der Waals surface area contributed by atoms with Crippen molar-refractivity contribution in [3.05, 3.63) is 30.2 Å². The van der Waals surface area contributed by atoms with E-state index in [2.05, 4.69) is 17.1 Å². The second-order valence-electron chi connectivity index (χ2n) is 5.89. The van der Waals surface area contributed by atoms with Gasteiger partial charge in [-0.2, -0.15) is 5.10 Å². The molecule has 2 atom stereocenters. The average Bonchev–Trinajstić information content (AvgIpc) is 3.17. The summed E-state index contributed by atoms with van der Waals surface area (Å²) in [4.78, 5) is 14.4. The lowest BCUT2D eigenvalue weighted by atomic mass is 9.85. The lowest BCUT2D eigenvalue weighted by Crippen LogP contribution is -2.42. The van der Waals surface area contributed by atoms with Gasteiger partial charge < -0.3 is 9.32 Å². The van der Waals surface area contributed by atoms with Crippen LogP contribution in [0.1, 0.15) is 43.1 Å². The van der Waals surface area contributed by atoms with Crippen LogP contribution < -0.4 is 0 Å². The molecule has 0 saturated heterocycles. The minimum atomic E-state index is -0.0252. The third-order valence-electron chi connectivity index (χ3n) is 4.47. The third kappa shape index (κ3) is 2.73. The molecule has 1 fully saturated rings. The molecule has 3 rings (SSSR count). The number of aromatic nitrogens is 2. The summed E-state index contributed by atoms with van der Waals surface area (Å²) < 4.78 is 5.31. The van der Waals surface area contributed by atoms with Crippen LogP contribution in [0.4, 0.5) is 0 Å². The number of rotatable bonds is 3. The first-order valence-electron chi connectivity index (χ1n) is 7.53. The van der Waals surface area contributed by atoms with Crippen LogP contribution in [0.5, 0.6) is 0 Å². The van der Waals surface area contributed by atoms with Gasteiger partial charge in [0, 0.05) is 19.2 Å². The van der Waals surface area contributed by atoms with Crippen LogP contribution in [0.3, 0.4) is 0 Å². The molecule has 0 unspecified atom stereocenters. The normalized spacial score (nSPS) is 22.2. The number of furan rings is 1. The van der Waals surface area contributed by atoms with Gasteiger partial charge in [0.2, 0.25) is 0 Å². The minimum absolute atomic E-state index is 0.0252. The van der Waals surface area contributed by atoms with E-state index in [1.165, 1.54) is 19.3 Å². The fraction of sp³-hybridized carbons (Fsp3) is 0.500. The summed E-state index contributed by atoms with van der Waals surface area (Å²) in [6.07, 6.45) is 6.35. The Morgan fingerprint density at radius 1 is 1.43 bits per heavy atom. The van der Waals surface area contributed by atoms with Crippen LogP contribution in [-0.4, -0.2) is 34.1 Å². The van der Waals surface area contributed by atoms with Crippen molar-refractivity contribution in [3.8, 4) is 11.5 Å². The Balaban J connectivity index is 1.75. The van der Waals surface area contributed by atoms with E-state index in [1.54, 1.807) is 12.3 Å². The molecule has 112 valence electrons. The van der Waals surface area contributed by atoms with Gasteiger partial charge in [-0.15, -0.1) is 0 Å². The van der Waals surface area contributed by atoms with Crippen LogP contribution in [0.2, 0.25) is 0 Å². The van der Waals surface area contributed by atoms with Gasteiger partial charge >= 0.3 is 0 Å². The Labute approximate surface area is 124 Å². The molecule has 21 heavy (non-hydrogen) atoms. The van der Waals surface area contributed by atoms with Gasteiger partial charge in [-0.1, -0.05) is 19.8 Å². The summed E-state index contributed by atoms with van der Waals surface area (Å²) in [6, 6.07) is 5.72. The van der Waals surface area contributed by atoms with Gasteiger partial charge in [0.05, 0.1) is 6.26 Å². The molecular weight excluding hydrogens is 266 g/mol. The number of aromatic amines is 1. The molecule has 1 aliphatic rings. The van der Waals surface area contributed by atoms with Gasteiger partial charge in [-0.05, 0) is 30.9 Å². The highest BCUT2D eigenvalue weighted by molar-refractivity contribution is 5.93. The van der Waals surface area contributed by atoms with Gasteiger partial charge in [0.1, 0.15) is 5.69 Å². The molecule has 1 aliphatic carbocycles. The SMILES string of the molecule is C[C@@H]1CCCC[C@@H]1N(C)C(=O)c1cc(-c2ccco2)[nH]n1. The molecule has 5 heteroatoms. The molecule has 0 aliphatic heterocycles. The van der Waals surface area contributed by atoms with Gasteiger partial charge in [0.15, 0.2) is 11.5 Å². The maximum atomic E-state index is 12.6. The number of hydrogen-bond acceptors (Lipinski definition) is 3. The molecule has 2 aromatic rings. The minimum Gasteiger partial charge on any atom is -0.463 e. The molecule has 0 aromatic carbocycles. The number of nitrogens with zero attached hydrogens (tertiary/aromatic N) is 2. The van der Waals surface area contributed by atoms with E-state index in [0.29, 0.717) is 23.4 Å². The Hall–Kier alpha value is -2.04. The molecule has 0 radical (unpaired) electrons. The Kier molecular flexibility index (Phi) is 3.82. The molecule has 2 aromatic heterocycles. The summed E-state index contributed by atoms with van der Waals surface area (Å²) >= 11 is 0. The first kappa shape index (κ1) is 13.9. The summed E-state index contributed by atoms with van der Waals surface area (Å²) in [5.41, 5.74) is 1.18. The highest BCUT2D eigenvalue weighted by Crippen LogP contribution is 2.28. The molecule has 0 bridgehead atoms. The predicted molar refractivity (Wildman–Crippen MR) is 79.8 cm³/mol. The maximum absolute atomic E-state index is 12.6. The quantitative estimate of drug-likeness (QED) is 0.942. The number of carbonyl (C=O) groups is 1. The molecule has 1 N–H and O–H groups in total. The molecular formula is C16H21N3O2. The summed E-state index contributed by atoms with van der Waals surface area (Å²) in [5, 5.41) is 7.00. The van der Waals surface area contributed by atoms with E-state index < -0.39 is 0 Å². The van der Waals surface area contributed by atoms with Crippen molar-refractivity contribution in [1.82, 2.24) is 15.1 Å². The summed E-state index contributed by atoms with van der Waals surface area (Å²) in [6.45, 7) is 2.23. The van der Waals surface area contributed by atoms with E-state index in [9.17, 15) is 4.79 Å². The van der Waals surface area contributed by atoms with Crippen LogP contribution in [0, 0.1) is 5.92 Å². The van der Waals surface area contributed by atoms with Crippen molar-refractivity contribution in [1.29, 1.82) is 0 Å². The molecule has 2 heterocycles. The molecule has 5 nitrogen and oxygen atoms in total. The van der Waals surface area contributed by atoms with E-state index >= 15 is 0 Å². The highest BCUT2D eigenvalue weighted by Gasteiger charge is 2.29. The van der Waals surface area contributed by atoms with Crippen molar-refractivity contribution < 1.29 is 9.21 Å². The lowest BCUT2D eigenvalue weighted by molar-refractivity contribution is 0.0623. The van der Waals surface area contributed by atoms with E-state index in [4.69, 9.17) is 4.42 Å². The van der Waals surface area contributed by atoms with Crippen LogP contribution in [0.25, 0.3) is 11.5 Å². The van der Waals surface area contributed by atoms with Crippen LogP contribution in [-0.2, 0) is 0 Å². The zero-order valence-corrected chi connectivity index (χ0v) is 12.5. The van der Waals surface area contributed by atoms with Crippen LogP contribution >= 0.6 is 0 Å². The Morgan fingerprint density at radius 2 is 2.24 bits per heavy atom. The van der Waals surface area contributed by atoms with Gasteiger partial charge in [-0.3, -0.25) is 9.89 Å². The number of hydrogen-bond donors (Lipinski definition) is 1. The monoisotopic (exact) mass is 287 g/mol. The Morgan fingerprint density at radius 3 is 2.95 bits per heavy atom. The fourth-order valence-corrected chi connectivity index (χ4v) is 3.19. The molecule has 0 spiro atoms. The zero-order valence-electron chi connectivity index (χ0n) is 12.5. The molecule has 1 amide bonds. The van der Waals surface area contributed by atoms with Crippen LogP contribution in [0.15, 0.2) is 28.9 Å². The number of carbonyl (C=O) groups excluding carboxylic acids is 1. The van der Waals surface area contributed by atoms with Crippen molar-refractivity contribution in [2.24, 2.45) is 5.92 Å². The van der Waals surface area contributed by atoms with Crippen molar-refractivity contribution >= 4 is 5.91 Å². The second kappa shape index (κ2) is 5.76. The summed E-state index contributed by atoms with van der Waals surface area (Å²) in [7, 11) is 1.88. The predicted octanol–water partition coefficient (Wildman–Crippen LogP) is 3.32. The maximum Gasteiger partial charge on any atom is 0.274 e. The van der Waals surface area contributed by atoms with E-state index in [1.807, 2.05) is 24.1 Å². The molecule has 1 saturated carbocycles. The Bertz CT molecular complexity index is 603. The summed E-state index contributed by atoms with van der Waals surface area (Å²) in [5.74, 6) is 1.22. The van der Waals surface area contributed by atoms with E-state index in [-0.39, 0.29) is 5.91 Å². The largest absolute Gasteiger partial charge is 0.463 e.